The minimum Gasteiger partial charge on any atom is -0.352 e. The summed E-state index contributed by atoms with van der Waals surface area (Å²) >= 11 is 0. The topological polar surface area (TPSA) is 72.2 Å². The largest absolute Gasteiger partial charge is 0.352 e. The maximum atomic E-state index is 11.9. The van der Waals surface area contributed by atoms with Gasteiger partial charge in [-0.3, -0.25) is 4.79 Å². The summed E-state index contributed by atoms with van der Waals surface area (Å²) in [6.45, 7) is 6.30. The Hall–Kier alpha value is -1.12. The third-order valence-electron chi connectivity index (χ3n) is 2.76. The molecule has 5 heteroatoms. The van der Waals surface area contributed by atoms with Crippen molar-refractivity contribution in [2.24, 2.45) is 5.73 Å². The van der Waals surface area contributed by atoms with Gasteiger partial charge in [0.15, 0.2) is 0 Å². The highest BCUT2D eigenvalue weighted by Crippen LogP contribution is 2.34. The van der Waals surface area contributed by atoms with Crippen LogP contribution in [0.15, 0.2) is 18.2 Å². The molecule has 0 fully saturated rings. The maximum Gasteiger partial charge on any atom is 0.251 e. The molecule has 0 saturated carbocycles. The van der Waals surface area contributed by atoms with Gasteiger partial charge in [0, 0.05) is 24.8 Å². The van der Waals surface area contributed by atoms with Crippen LogP contribution >= 0.6 is 7.14 Å². The summed E-state index contributed by atoms with van der Waals surface area (Å²) in [6, 6.07) is 5.46. The van der Waals surface area contributed by atoms with Crippen molar-refractivity contribution in [2.45, 2.75) is 13.5 Å². The molecule has 0 saturated heterocycles. The smallest absolute Gasteiger partial charge is 0.251 e. The summed E-state index contributed by atoms with van der Waals surface area (Å²) in [5, 5.41) is 2.78. The van der Waals surface area contributed by atoms with Crippen molar-refractivity contribution in [1.82, 2.24) is 5.32 Å². The predicted molar refractivity (Wildman–Crippen MR) is 75.7 cm³/mol. The highest BCUT2D eigenvalue weighted by Gasteiger charge is 2.10. The van der Waals surface area contributed by atoms with Gasteiger partial charge in [0.05, 0.1) is 7.14 Å². The summed E-state index contributed by atoms with van der Waals surface area (Å²) in [5.74, 6) is -0.130. The molecule has 0 aliphatic heterocycles. The van der Waals surface area contributed by atoms with Crippen LogP contribution in [0.3, 0.4) is 0 Å². The maximum absolute atomic E-state index is 11.9. The lowest BCUT2D eigenvalue weighted by atomic mass is 10.0. The highest BCUT2D eigenvalue weighted by atomic mass is 31.2. The molecule has 0 heterocycles. The van der Waals surface area contributed by atoms with Gasteiger partial charge in [-0.15, -0.1) is 0 Å². The molecular formula is C13H21N2O2P. The second-order valence-electron chi connectivity index (χ2n) is 4.90. The van der Waals surface area contributed by atoms with Crippen molar-refractivity contribution < 1.29 is 9.36 Å². The van der Waals surface area contributed by atoms with Crippen LogP contribution in [-0.2, 0) is 11.1 Å². The quantitative estimate of drug-likeness (QED) is 0.800. The van der Waals surface area contributed by atoms with Crippen molar-refractivity contribution in [3.63, 3.8) is 0 Å². The van der Waals surface area contributed by atoms with Crippen molar-refractivity contribution in [2.75, 3.05) is 26.0 Å². The van der Waals surface area contributed by atoms with Crippen LogP contribution in [0.2, 0.25) is 0 Å². The van der Waals surface area contributed by atoms with Crippen LogP contribution in [0.5, 0.6) is 0 Å². The van der Waals surface area contributed by atoms with E-state index in [2.05, 4.69) is 5.32 Å². The van der Waals surface area contributed by atoms with Gasteiger partial charge in [-0.25, -0.2) is 0 Å². The van der Waals surface area contributed by atoms with Gasteiger partial charge in [-0.05, 0) is 43.5 Å². The van der Waals surface area contributed by atoms with E-state index in [-0.39, 0.29) is 5.91 Å². The van der Waals surface area contributed by atoms with Crippen LogP contribution < -0.4 is 11.1 Å². The van der Waals surface area contributed by atoms with Gasteiger partial charge in [0.2, 0.25) is 0 Å². The number of benzene rings is 1. The Morgan fingerprint density at radius 1 is 1.39 bits per heavy atom. The Bertz CT molecular complexity index is 480. The zero-order chi connectivity index (χ0) is 13.8. The molecule has 0 aliphatic rings. The molecule has 0 bridgehead atoms. The first-order chi connectivity index (χ1) is 8.33. The molecule has 0 spiro atoms. The van der Waals surface area contributed by atoms with Gasteiger partial charge in [-0.2, -0.15) is 0 Å². The lowest BCUT2D eigenvalue weighted by molar-refractivity contribution is 0.0956. The monoisotopic (exact) mass is 268 g/mol. The molecule has 4 nitrogen and oxygen atoms in total. The van der Waals surface area contributed by atoms with Gasteiger partial charge in [0.1, 0.15) is 0 Å². The zero-order valence-electron chi connectivity index (χ0n) is 11.2. The van der Waals surface area contributed by atoms with E-state index >= 15 is 0 Å². The van der Waals surface area contributed by atoms with Gasteiger partial charge in [-0.1, -0.05) is 6.07 Å². The summed E-state index contributed by atoms with van der Waals surface area (Å²) in [5.41, 5.74) is 8.25. The van der Waals surface area contributed by atoms with Crippen LogP contribution in [0.1, 0.15) is 21.5 Å². The molecule has 0 aromatic heterocycles. The first-order valence-electron chi connectivity index (χ1n) is 5.95. The molecule has 1 aromatic rings. The lowest BCUT2D eigenvalue weighted by Crippen LogP contribution is -2.26. The third-order valence-corrected chi connectivity index (χ3v) is 4.06. The molecule has 0 unspecified atom stereocenters. The normalized spacial score (nSPS) is 11.3. The van der Waals surface area contributed by atoms with Crippen LogP contribution in [-0.4, -0.2) is 31.9 Å². The van der Waals surface area contributed by atoms with Crippen molar-refractivity contribution in [3.8, 4) is 0 Å². The van der Waals surface area contributed by atoms with E-state index in [1.165, 1.54) is 0 Å². The van der Waals surface area contributed by atoms with Crippen LogP contribution in [0, 0.1) is 6.92 Å². The van der Waals surface area contributed by atoms with E-state index in [0.29, 0.717) is 24.8 Å². The fraction of sp³-hybridized carbons (Fsp3) is 0.462. The first kappa shape index (κ1) is 14.9. The number of hydrogen-bond acceptors (Lipinski definition) is 3. The molecule has 3 N–H and O–H groups in total. The number of hydrogen-bond donors (Lipinski definition) is 2. The Morgan fingerprint density at radius 3 is 2.56 bits per heavy atom. The summed E-state index contributed by atoms with van der Waals surface area (Å²) < 4.78 is 11.5. The minimum absolute atomic E-state index is 0.130. The molecule has 100 valence electrons. The van der Waals surface area contributed by atoms with Gasteiger partial charge >= 0.3 is 0 Å². The van der Waals surface area contributed by atoms with E-state index in [1.807, 2.05) is 19.1 Å². The predicted octanol–water partition coefficient (Wildman–Crippen LogP) is 1.81. The first-order valence-corrected chi connectivity index (χ1v) is 8.74. The molecule has 1 aromatic carbocycles. The SMILES string of the molecule is Cc1cc(C(=O)NCCP(C)(C)=O)ccc1CN. The Labute approximate surface area is 108 Å². The van der Waals surface area contributed by atoms with E-state index in [0.717, 1.165) is 11.1 Å². The van der Waals surface area contributed by atoms with Crippen LogP contribution in [0.4, 0.5) is 0 Å². The fourth-order valence-electron chi connectivity index (χ4n) is 1.61. The van der Waals surface area contributed by atoms with E-state index < -0.39 is 7.14 Å². The third kappa shape index (κ3) is 4.63. The molecule has 1 rings (SSSR count). The Balaban J connectivity index is 2.62. The lowest BCUT2D eigenvalue weighted by Gasteiger charge is -2.09. The molecular weight excluding hydrogens is 247 g/mol. The van der Waals surface area contributed by atoms with Crippen molar-refractivity contribution in [1.29, 1.82) is 0 Å². The molecule has 0 atom stereocenters. The number of nitrogens with one attached hydrogen (secondary N) is 1. The number of nitrogens with two attached hydrogens (primary N) is 1. The van der Waals surface area contributed by atoms with Gasteiger partial charge in [0.25, 0.3) is 5.91 Å². The number of carbonyl (C=O) groups excluding carboxylic acids is 1. The van der Waals surface area contributed by atoms with Gasteiger partial charge < -0.3 is 15.6 Å². The van der Waals surface area contributed by atoms with E-state index in [4.69, 9.17) is 5.73 Å². The van der Waals surface area contributed by atoms with E-state index in [1.54, 1.807) is 19.4 Å². The number of rotatable bonds is 5. The van der Waals surface area contributed by atoms with Crippen LogP contribution in [0.25, 0.3) is 0 Å². The minimum atomic E-state index is -2.07. The molecule has 1 amide bonds. The Morgan fingerprint density at radius 2 is 2.06 bits per heavy atom. The summed E-state index contributed by atoms with van der Waals surface area (Å²) in [4.78, 5) is 11.9. The average molecular weight is 268 g/mol. The van der Waals surface area contributed by atoms with Crippen molar-refractivity contribution in [3.05, 3.63) is 34.9 Å². The number of aryl methyl sites for hydroxylation is 1. The summed E-state index contributed by atoms with van der Waals surface area (Å²) in [6.07, 6.45) is 0.526. The summed E-state index contributed by atoms with van der Waals surface area (Å²) in [7, 11) is -2.07. The Kier molecular flexibility index (Phi) is 5.12. The fourth-order valence-corrected chi connectivity index (χ4v) is 2.26. The molecule has 18 heavy (non-hydrogen) atoms. The second-order valence-corrected chi connectivity index (χ2v) is 8.49. The standard InChI is InChI=1S/C13H21N2O2P/c1-10-8-11(4-5-12(10)9-14)13(16)15-6-7-18(2,3)17/h4-5,8H,6-7,9,14H2,1-3H3,(H,15,16). The molecule has 0 aliphatic carbocycles. The van der Waals surface area contributed by atoms with E-state index in [9.17, 15) is 9.36 Å². The zero-order valence-corrected chi connectivity index (χ0v) is 12.1. The second kappa shape index (κ2) is 6.17. The number of amides is 1. The highest BCUT2D eigenvalue weighted by molar-refractivity contribution is 7.62. The van der Waals surface area contributed by atoms with Crippen molar-refractivity contribution >= 4 is 13.0 Å². The average Bonchev–Trinajstić information content (AvgIpc) is 2.27. The molecule has 0 radical (unpaired) electrons. The number of carbonyl (C=O) groups is 1.